The van der Waals surface area contributed by atoms with E-state index in [2.05, 4.69) is 10.1 Å². The van der Waals surface area contributed by atoms with E-state index in [0.29, 0.717) is 0 Å². The highest BCUT2D eigenvalue weighted by Gasteiger charge is 2.19. The van der Waals surface area contributed by atoms with E-state index in [1.54, 1.807) is 0 Å². The standard InChI is InChI=1S/C10H9F2N3O2/c1-16-9-5(2-3-6(11)8(9)12)10-14-7(4-13)17-15-10/h2-3H,4,13H2,1H3. The second-order valence-electron chi connectivity index (χ2n) is 3.16. The van der Waals surface area contributed by atoms with Gasteiger partial charge in [0, 0.05) is 0 Å². The molecule has 90 valence electrons. The number of hydrogen-bond acceptors (Lipinski definition) is 5. The van der Waals surface area contributed by atoms with Crippen LogP contribution in [0.4, 0.5) is 8.78 Å². The lowest BCUT2D eigenvalue weighted by Gasteiger charge is -2.06. The van der Waals surface area contributed by atoms with Crippen molar-refractivity contribution in [1.29, 1.82) is 0 Å². The number of benzene rings is 1. The zero-order valence-electron chi connectivity index (χ0n) is 8.91. The molecule has 0 radical (unpaired) electrons. The van der Waals surface area contributed by atoms with Gasteiger partial charge in [-0.25, -0.2) is 4.39 Å². The Labute approximate surface area is 95.2 Å². The van der Waals surface area contributed by atoms with Crippen LogP contribution in [0.3, 0.4) is 0 Å². The summed E-state index contributed by atoms with van der Waals surface area (Å²) in [5.41, 5.74) is 5.51. The molecule has 2 N–H and O–H groups in total. The molecule has 7 heteroatoms. The van der Waals surface area contributed by atoms with Gasteiger partial charge in [0.25, 0.3) is 0 Å². The number of hydrogen-bond donors (Lipinski definition) is 1. The quantitative estimate of drug-likeness (QED) is 0.881. The molecule has 0 aliphatic heterocycles. The fourth-order valence-electron chi connectivity index (χ4n) is 1.35. The monoisotopic (exact) mass is 241 g/mol. The lowest BCUT2D eigenvalue weighted by Crippen LogP contribution is -1.97. The van der Waals surface area contributed by atoms with Crippen LogP contribution in [0.15, 0.2) is 16.7 Å². The molecule has 0 saturated carbocycles. The van der Waals surface area contributed by atoms with Crippen LogP contribution < -0.4 is 10.5 Å². The molecule has 0 atom stereocenters. The first-order chi connectivity index (χ1) is 8.17. The summed E-state index contributed by atoms with van der Waals surface area (Å²) in [6, 6.07) is 2.27. The third-order valence-electron chi connectivity index (χ3n) is 2.14. The third-order valence-corrected chi connectivity index (χ3v) is 2.14. The first-order valence-electron chi connectivity index (χ1n) is 4.72. The molecule has 5 nitrogen and oxygen atoms in total. The summed E-state index contributed by atoms with van der Waals surface area (Å²) < 4.78 is 36.0. The summed E-state index contributed by atoms with van der Waals surface area (Å²) in [6.45, 7) is 0.0684. The molecular weight excluding hydrogens is 232 g/mol. The van der Waals surface area contributed by atoms with E-state index in [-0.39, 0.29) is 29.6 Å². The average Bonchev–Trinajstić information content (AvgIpc) is 2.81. The molecule has 17 heavy (non-hydrogen) atoms. The van der Waals surface area contributed by atoms with Gasteiger partial charge in [-0.3, -0.25) is 0 Å². The van der Waals surface area contributed by atoms with Crippen molar-refractivity contribution in [3.63, 3.8) is 0 Å². The SMILES string of the molecule is COc1c(-c2noc(CN)n2)ccc(F)c1F. The molecule has 0 fully saturated rings. The van der Waals surface area contributed by atoms with Crippen LogP contribution in [0.1, 0.15) is 5.89 Å². The maximum atomic E-state index is 13.4. The highest BCUT2D eigenvalue weighted by Crippen LogP contribution is 2.31. The predicted molar refractivity (Wildman–Crippen MR) is 54.1 cm³/mol. The Kier molecular flexibility index (Phi) is 3.01. The summed E-state index contributed by atoms with van der Waals surface area (Å²) in [5.74, 6) is -2.07. The maximum absolute atomic E-state index is 13.4. The van der Waals surface area contributed by atoms with Crippen LogP contribution in [-0.2, 0) is 6.54 Å². The van der Waals surface area contributed by atoms with E-state index in [0.717, 1.165) is 6.07 Å². The molecule has 0 aliphatic rings. The molecule has 0 aliphatic carbocycles. The molecule has 0 amide bonds. The molecule has 0 bridgehead atoms. The average molecular weight is 241 g/mol. The second-order valence-corrected chi connectivity index (χ2v) is 3.16. The van der Waals surface area contributed by atoms with E-state index < -0.39 is 11.6 Å². The minimum absolute atomic E-state index is 0.0684. The molecule has 0 unspecified atom stereocenters. The Hall–Kier alpha value is -2.02. The van der Waals surface area contributed by atoms with Crippen LogP contribution in [0.25, 0.3) is 11.4 Å². The van der Waals surface area contributed by atoms with E-state index in [1.165, 1.54) is 13.2 Å². The summed E-state index contributed by atoms with van der Waals surface area (Å²) in [6.07, 6.45) is 0. The topological polar surface area (TPSA) is 74.2 Å². The van der Waals surface area contributed by atoms with Gasteiger partial charge in [-0.1, -0.05) is 5.16 Å². The molecule has 1 aromatic carbocycles. The lowest BCUT2D eigenvalue weighted by molar-refractivity contribution is 0.370. The molecule has 0 spiro atoms. The minimum atomic E-state index is -1.09. The van der Waals surface area contributed by atoms with Crippen LogP contribution in [0.2, 0.25) is 0 Å². The molecule has 0 saturated heterocycles. The first-order valence-corrected chi connectivity index (χ1v) is 4.72. The normalized spacial score (nSPS) is 10.6. The van der Waals surface area contributed by atoms with Crippen molar-refractivity contribution in [2.24, 2.45) is 5.73 Å². The number of ether oxygens (including phenoxy) is 1. The van der Waals surface area contributed by atoms with Gasteiger partial charge < -0.3 is 15.0 Å². The Morgan fingerprint density at radius 2 is 2.18 bits per heavy atom. The number of aromatic nitrogens is 2. The molecule has 1 aromatic heterocycles. The summed E-state index contributed by atoms with van der Waals surface area (Å²) >= 11 is 0. The highest BCUT2D eigenvalue weighted by atomic mass is 19.2. The van der Waals surface area contributed by atoms with Gasteiger partial charge in [0.15, 0.2) is 11.6 Å². The Morgan fingerprint density at radius 3 is 2.76 bits per heavy atom. The van der Waals surface area contributed by atoms with Gasteiger partial charge in [-0.15, -0.1) is 0 Å². The fraction of sp³-hybridized carbons (Fsp3) is 0.200. The van der Waals surface area contributed by atoms with Crippen molar-refractivity contribution < 1.29 is 18.0 Å². The number of nitrogens with zero attached hydrogens (tertiary/aromatic N) is 2. The van der Waals surface area contributed by atoms with Crippen molar-refractivity contribution in [1.82, 2.24) is 10.1 Å². The molecule has 2 rings (SSSR count). The summed E-state index contributed by atoms with van der Waals surface area (Å²) in [4.78, 5) is 3.91. The van der Waals surface area contributed by atoms with Crippen LogP contribution >= 0.6 is 0 Å². The van der Waals surface area contributed by atoms with Crippen molar-refractivity contribution >= 4 is 0 Å². The van der Waals surface area contributed by atoms with Crippen molar-refractivity contribution in [2.75, 3.05) is 7.11 Å². The van der Waals surface area contributed by atoms with Crippen LogP contribution in [-0.4, -0.2) is 17.3 Å². The molecule has 2 aromatic rings. The van der Waals surface area contributed by atoms with Gasteiger partial charge in [0.05, 0.1) is 19.2 Å². The Bertz CT molecular complexity index is 542. The van der Waals surface area contributed by atoms with Crippen molar-refractivity contribution in [2.45, 2.75) is 6.54 Å². The lowest BCUT2D eigenvalue weighted by atomic mass is 10.1. The third kappa shape index (κ3) is 1.96. The Balaban J connectivity index is 2.55. The van der Waals surface area contributed by atoms with Crippen molar-refractivity contribution in [3.05, 3.63) is 29.7 Å². The Morgan fingerprint density at radius 1 is 1.41 bits per heavy atom. The minimum Gasteiger partial charge on any atom is -0.493 e. The van der Waals surface area contributed by atoms with E-state index >= 15 is 0 Å². The largest absolute Gasteiger partial charge is 0.493 e. The van der Waals surface area contributed by atoms with E-state index in [9.17, 15) is 8.78 Å². The summed E-state index contributed by atoms with van der Waals surface area (Å²) in [7, 11) is 1.23. The molecule has 1 heterocycles. The smallest absolute Gasteiger partial charge is 0.240 e. The zero-order chi connectivity index (χ0) is 12.4. The first kappa shape index (κ1) is 11.5. The molecular formula is C10H9F2N3O2. The fourth-order valence-corrected chi connectivity index (χ4v) is 1.35. The van der Waals surface area contributed by atoms with E-state index in [1.807, 2.05) is 0 Å². The van der Waals surface area contributed by atoms with Gasteiger partial charge in [-0.2, -0.15) is 9.37 Å². The number of methoxy groups -OCH3 is 1. The summed E-state index contributed by atoms with van der Waals surface area (Å²) in [5, 5.41) is 3.60. The van der Waals surface area contributed by atoms with Gasteiger partial charge in [0.1, 0.15) is 0 Å². The highest BCUT2D eigenvalue weighted by molar-refractivity contribution is 5.64. The number of rotatable bonds is 3. The van der Waals surface area contributed by atoms with Crippen LogP contribution in [0.5, 0.6) is 5.75 Å². The number of halogens is 2. The van der Waals surface area contributed by atoms with Gasteiger partial charge in [-0.05, 0) is 12.1 Å². The zero-order valence-corrected chi connectivity index (χ0v) is 8.91. The predicted octanol–water partition coefficient (Wildman–Crippen LogP) is 1.48. The van der Waals surface area contributed by atoms with E-state index in [4.69, 9.17) is 15.0 Å². The van der Waals surface area contributed by atoms with Crippen molar-refractivity contribution in [3.8, 4) is 17.1 Å². The van der Waals surface area contributed by atoms with Gasteiger partial charge >= 0.3 is 0 Å². The maximum Gasteiger partial charge on any atom is 0.240 e. The van der Waals surface area contributed by atoms with Crippen LogP contribution in [0, 0.1) is 11.6 Å². The van der Waals surface area contributed by atoms with Gasteiger partial charge in [0.2, 0.25) is 17.5 Å². The number of nitrogens with two attached hydrogens (primary N) is 1. The second kappa shape index (κ2) is 4.46.